The average molecular weight is 235 g/mol. The van der Waals surface area contributed by atoms with Crippen molar-refractivity contribution in [1.29, 1.82) is 0 Å². The number of pyridine rings is 1. The van der Waals surface area contributed by atoms with Crippen LogP contribution in [0.5, 0.6) is 0 Å². The number of aromatic nitrogens is 1. The van der Waals surface area contributed by atoms with Gasteiger partial charge in [0.15, 0.2) is 0 Å². The zero-order valence-corrected chi connectivity index (χ0v) is 11.4. The summed E-state index contributed by atoms with van der Waals surface area (Å²) < 4.78 is 0. The van der Waals surface area contributed by atoms with Crippen LogP contribution in [0.25, 0.3) is 0 Å². The second-order valence-corrected chi connectivity index (χ2v) is 4.39. The minimum Gasteiger partial charge on any atom is -0.315 e. The van der Waals surface area contributed by atoms with Crippen molar-refractivity contribution in [2.24, 2.45) is 0 Å². The van der Waals surface area contributed by atoms with Crippen LogP contribution in [-0.2, 0) is 6.54 Å². The molecule has 3 nitrogen and oxygen atoms in total. The molecular weight excluding hydrogens is 210 g/mol. The van der Waals surface area contributed by atoms with Gasteiger partial charge in [0.25, 0.3) is 0 Å². The molecule has 0 aromatic carbocycles. The smallest absolute Gasteiger partial charge is 0.0547 e. The predicted octanol–water partition coefficient (Wildman–Crippen LogP) is 2.21. The Morgan fingerprint density at radius 1 is 1.24 bits per heavy atom. The fourth-order valence-electron chi connectivity index (χ4n) is 1.80. The van der Waals surface area contributed by atoms with E-state index in [-0.39, 0.29) is 0 Å². The van der Waals surface area contributed by atoms with E-state index in [1.165, 1.54) is 12.1 Å². The Labute approximate surface area is 105 Å². The van der Waals surface area contributed by atoms with Crippen LogP contribution in [0.1, 0.15) is 31.7 Å². The first kappa shape index (κ1) is 14.1. The monoisotopic (exact) mass is 235 g/mol. The molecule has 1 aromatic heterocycles. The van der Waals surface area contributed by atoms with Crippen molar-refractivity contribution < 1.29 is 0 Å². The number of likely N-dealkylation sites (N-methyl/N-ethyl adjacent to an activating group) is 1. The van der Waals surface area contributed by atoms with Gasteiger partial charge in [-0.3, -0.25) is 9.88 Å². The molecule has 17 heavy (non-hydrogen) atoms. The van der Waals surface area contributed by atoms with E-state index < -0.39 is 0 Å². The molecule has 1 rings (SSSR count). The minimum atomic E-state index is 0.950. The number of hydrogen-bond donors (Lipinski definition) is 1. The van der Waals surface area contributed by atoms with Gasteiger partial charge in [0.05, 0.1) is 5.69 Å². The standard InChI is InChI=1S/C14H25N3/c1-4-9-15-10-11-17(5-2)12-14-8-6-7-13(3)16-14/h6-8,15H,4-5,9-12H2,1-3H3. The van der Waals surface area contributed by atoms with E-state index in [0.29, 0.717) is 0 Å². The number of rotatable bonds is 8. The minimum absolute atomic E-state index is 0.950. The fourth-order valence-corrected chi connectivity index (χ4v) is 1.80. The maximum atomic E-state index is 4.54. The molecule has 0 spiro atoms. The Hall–Kier alpha value is -0.930. The number of nitrogens with zero attached hydrogens (tertiary/aromatic N) is 2. The molecule has 0 amide bonds. The molecule has 3 heteroatoms. The first-order valence-electron chi connectivity index (χ1n) is 6.61. The topological polar surface area (TPSA) is 28.2 Å². The van der Waals surface area contributed by atoms with Crippen molar-refractivity contribution in [1.82, 2.24) is 15.2 Å². The Bertz CT molecular complexity index is 312. The highest BCUT2D eigenvalue weighted by Crippen LogP contribution is 2.02. The lowest BCUT2D eigenvalue weighted by molar-refractivity contribution is 0.276. The highest BCUT2D eigenvalue weighted by Gasteiger charge is 2.04. The molecular formula is C14H25N3. The normalized spacial score (nSPS) is 11.1. The number of nitrogens with one attached hydrogen (secondary N) is 1. The van der Waals surface area contributed by atoms with Crippen LogP contribution in [0, 0.1) is 6.92 Å². The summed E-state index contributed by atoms with van der Waals surface area (Å²) in [6, 6.07) is 6.23. The third kappa shape index (κ3) is 5.80. The van der Waals surface area contributed by atoms with E-state index in [1.54, 1.807) is 0 Å². The van der Waals surface area contributed by atoms with Crippen molar-refractivity contribution in [3.05, 3.63) is 29.6 Å². The van der Waals surface area contributed by atoms with Crippen molar-refractivity contribution in [2.45, 2.75) is 33.7 Å². The van der Waals surface area contributed by atoms with Crippen LogP contribution in [0.15, 0.2) is 18.2 Å². The van der Waals surface area contributed by atoms with Crippen LogP contribution in [0.3, 0.4) is 0 Å². The SMILES string of the molecule is CCCNCCN(CC)Cc1cccc(C)n1. The highest BCUT2D eigenvalue weighted by molar-refractivity contribution is 5.09. The third-order valence-corrected chi connectivity index (χ3v) is 2.81. The Morgan fingerprint density at radius 3 is 2.71 bits per heavy atom. The summed E-state index contributed by atoms with van der Waals surface area (Å²) in [6.07, 6.45) is 1.20. The molecule has 1 aromatic rings. The fraction of sp³-hybridized carbons (Fsp3) is 0.643. The maximum Gasteiger partial charge on any atom is 0.0547 e. The van der Waals surface area contributed by atoms with Crippen LogP contribution in [0.4, 0.5) is 0 Å². The van der Waals surface area contributed by atoms with Gasteiger partial charge in [-0.2, -0.15) is 0 Å². The molecule has 0 unspecified atom stereocenters. The van der Waals surface area contributed by atoms with E-state index in [1.807, 2.05) is 13.0 Å². The largest absolute Gasteiger partial charge is 0.315 e. The van der Waals surface area contributed by atoms with E-state index >= 15 is 0 Å². The van der Waals surface area contributed by atoms with Crippen molar-refractivity contribution in [3.63, 3.8) is 0 Å². The van der Waals surface area contributed by atoms with Gasteiger partial charge in [-0.05, 0) is 38.6 Å². The van der Waals surface area contributed by atoms with Crippen LogP contribution < -0.4 is 5.32 Å². The second kappa shape index (κ2) is 8.20. The molecule has 96 valence electrons. The lowest BCUT2D eigenvalue weighted by Gasteiger charge is -2.20. The lowest BCUT2D eigenvalue weighted by Crippen LogP contribution is -2.32. The van der Waals surface area contributed by atoms with Gasteiger partial charge in [-0.1, -0.05) is 19.9 Å². The van der Waals surface area contributed by atoms with Crippen molar-refractivity contribution in [2.75, 3.05) is 26.2 Å². The molecule has 0 atom stereocenters. The van der Waals surface area contributed by atoms with E-state index in [2.05, 4.69) is 41.2 Å². The quantitative estimate of drug-likeness (QED) is 0.700. The summed E-state index contributed by atoms with van der Waals surface area (Å²) >= 11 is 0. The number of hydrogen-bond acceptors (Lipinski definition) is 3. The molecule has 0 aliphatic heterocycles. The molecule has 0 radical (unpaired) electrons. The van der Waals surface area contributed by atoms with Crippen LogP contribution >= 0.6 is 0 Å². The lowest BCUT2D eigenvalue weighted by atomic mass is 10.3. The first-order valence-corrected chi connectivity index (χ1v) is 6.61. The van der Waals surface area contributed by atoms with E-state index in [4.69, 9.17) is 0 Å². The summed E-state index contributed by atoms with van der Waals surface area (Å²) in [7, 11) is 0. The first-order chi connectivity index (χ1) is 8.26. The predicted molar refractivity (Wildman–Crippen MR) is 73.1 cm³/mol. The Kier molecular flexibility index (Phi) is 6.82. The van der Waals surface area contributed by atoms with Gasteiger partial charge < -0.3 is 5.32 Å². The molecule has 0 aliphatic rings. The van der Waals surface area contributed by atoms with Gasteiger partial charge >= 0.3 is 0 Å². The number of aryl methyl sites for hydroxylation is 1. The summed E-state index contributed by atoms with van der Waals surface area (Å²) in [5, 5.41) is 3.43. The Morgan fingerprint density at radius 2 is 2.06 bits per heavy atom. The van der Waals surface area contributed by atoms with Crippen molar-refractivity contribution in [3.8, 4) is 0 Å². The van der Waals surface area contributed by atoms with Gasteiger partial charge in [-0.15, -0.1) is 0 Å². The van der Waals surface area contributed by atoms with E-state index in [0.717, 1.165) is 38.4 Å². The van der Waals surface area contributed by atoms with Gasteiger partial charge in [-0.25, -0.2) is 0 Å². The molecule has 1 N–H and O–H groups in total. The highest BCUT2D eigenvalue weighted by atomic mass is 15.1. The van der Waals surface area contributed by atoms with Gasteiger partial charge in [0.2, 0.25) is 0 Å². The zero-order valence-electron chi connectivity index (χ0n) is 11.4. The molecule has 0 fully saturated rings. The second-order valence-electron chi connectivity index (χ2n) is 4.39. The molecule has 0 saturated heterocycles. The zero-order chi connectivity index (χ0) is 12.5. The third-order valence-electron chi connectivity index (χ3n) is 2.81. The Balaban J connectivity index is 2.35. The van der Waals surface area contributed by atoms with Crippen LogP contribution in [-0.4, -0.2) is 36.1 Å². The molecule has 0 bridgehead atoms. The average Bonchev–Trinajstić information content (AvgIpc) is 2.33. The molecule has 1 heterocycles. The van der Waals surface area contributed by atoms with E-state index in [9.17, 15) is 0 Å². The summed E-state index contributed by atoms with van der Waals surface area (Å²) in [5.41, 5.74) is 2.27. The summed E-state index contributed by atoms with van der Waals surface area (Å²) in [4.78, 5) is 6.96. The molecule has 0 aliphatic carbocycles. The summed E-state index contributed by atoms with van der Waals surface area (Å²) in [6.45, 7) is 11.7. The maximum absolute atomic E-state index is 4.54. The van der Waals surface area contributed by atoms with Crippen LogP contribution in [0.2, 0.25) is 0 Å². The molecule has 0 saturated carbocycles. The van der Waals surface area contributed by atoms with Gasteiger partial charge in [0, 0.05) is 25.3 Å². The van der Waals surface area contributed by atoms with Crippen molar-refractivity contribution >= 4 is 0 Å². The van der Waals surface area contributed by atoms with Gasteiger partial charge in [0.1, 0.15) is 0 Å². The summed E-state index contributed by atoms with van der Waals surface area (Å²) in [5.74, 6) is 0.